The second kappa shape index (κ2) is 11.3. The highest BCUT2D eigenvalue weighted by molar-refractivity contribution is 6.42. The van der Waals surface area contributed by atoms with E-state index in [1.807, 2.05) is 12.1 Å². The Hall–Kier alpha value is -0.810. The zero-order valence-electron chi connectivity index (χ0n) is 16.4. The van der Waals surface area contributed by atoms with Crippen LogP contribution in [0.4, 0.5) is 0 Å². The number of esters is 1. The van der Waals surface area contributed by atoms with Gasteiger partial charge in [0, 0.05) is 6.54 Å². The van der Waals surface area contributed by atoms with Crippen LogP contribution in [0.3, 0.4) is 0 Å². The van der Waals surface area contributed by atoms with Crippen LogP contribution in [0.5, 0.6) is 0 Å². The lowest BCUT2D eigenvalue weighted by Gasteiger charge is -2.35. The molecule has 0 N–H and O–H groups in total. The molecule has 1 saturated carbocycles. The molecule has 0 heterocycles. The molecule has 1 fully saturated rings. The molecule has 0 amide bonds. The van der Waals surface area contributed by atoms with E-state index in [4.69, 9.17) is 32.7 Å². The van der Waals surface area contributed by atoms with Crippen LogP contribution in [0.25, 0.3) is 0 Å². The molecule has 27 heavy (non-hydrogen) atoms. The van der Waals surface area contributed by atoms with Crippen molar-refractivity contribution in [1.29, 1.82) is 0 Å². The summed E-state index contributed by atoms with van der Waals surface area (Å²) in [6.45, 7) is 8.55. The topological polar surface area (TPSA) is 38.8 Å². The molecule has 1 aliphatic carbocycles. The Morgan fingerprint density at radius 2 is 1.74 bits per heavy atom. The number of nitrogens with zero attached hydrogens (tertiary/aromatic N) is 1. The minimum absolute atomic E-state index is 0.173. The monoisotopic (exact) mass is 415 g/mol. The molecule has 0 unspecified atom stereocenters. The van der Waals surface area contributed by atoms with Crippen LogP contribution in [0.2, 0.25) is 10.0 Å². The molecular weight excluding hydrogens is 385 g/mol. The van der Waals surface area contributed by atoms with Gasteiger partial charge in [-0.2, -0.15) is 0 Å². The van der Waals surface area contributed by atoms with Crippen LogP contribution in [-0.2, 0) is 19.7 Å². The molecule has 0 saturated heterocycles. The third kappa shape index (κ3) is 6.08. The van der Waals surface area contributed by atoms with Crippen LogP contribution in [0.15, 0.2) is 18.2 Å². The number of ether oxygens (including phenoxy) is 2. The standard InChI is InChI=1S/C21H31Cl2NO3/c1-3-24(4-2)12-13-26-14-15-27-20(25)21(10-6-5-7-11-21)17-8-9-18(22)19(23)16-17/h8-9,16H,3-7,10-15H2,1-2H3. The Bertz CT molecular complexity index is 599. The Morgan fingerprint density at radius 3 is 2.37 bits per heavy atom. The highest BCUT2D eigenvalue weighted by atomic mass is 35.5. The average Bonchev–Trinajstić information content (AvgIpc) is 2.70. The number of likely N-dealkylation sites (N-methyl/N-ethyl adjacent to an activating group) is 1. The Labute approximate surface area is 173 Å². The van der Waals surface area contributed by atoms with E-state index in [9.17, 15) is 4.79 Å². The first-order valence-corrected chi connectivity index (χ1v) is 10.7. The normalized spacial score (nSPS) is 16.5. The molecule has 0 spiro atoms. The van der Waals surface area contributed by atoms with Crippen LogP contribution < -0.4 is 0 Å². The fourth-order valence-electron chi connectivity index (χ4n) is 3.73. The molecule has 152 valence electrons. The maximum Gasteiger partial charge on any atom is 0.316 e. The van der Waals surface area contributed by atoms with Gasteiger partial charge in [0.15, 0.2) is 0 Å². The Kier molecular flexibility index (Phi) is 9.37. The smallest absolute Gasteiger partial charge is 0.316 e. The number of carbonyl (C=O) groups is 1. The van der Waals surface area contributed by atoms with Gasteiger partial charge in [0.05, 0.1) is 28.7 Å². The summed E-state index contributed by atoms with van der Waals surface area (Å²) >= 11 is 12.3. The SMILES string of the molecule is CCN(CC)CCOCCOC(=O)C1(c2ccc(Cl)c(Cl)c2)CCCCC1. The second-order valence-electron chi connectivity index (χ2n) is 7.05. The van der Waals surface area contributed by atoms with E-state index in [2.05, 4.69) is 18.7 Å². The van der Waals surface area contributed by atoms with E-state index in [-0.39, 0.29) is 12.6 Å². The zero-order valence-corrected chi connectivity index (χ0v) is 17.9. The number of carbonyl (C=O) groups excluding carboxylic acids is 1. The third-order valence-electron chi connectivity index (χ3n) is 5.48. The summed E-state index contributed by atoms with van der Waals surface area (Å²) in [6.07, 6.45) is 4.73. The molecule has 1 aliphatic rings. The lowest BCUT2D eigenvalue weighted by Crippen LogP contribution is -2.40. The number of hydrogen-bond acceptors (Lipinski definition) is 4. The predicted octanol–water partition coefficient (Wildman–Crippen LogP) is 5.10. The van der Waals surface area contributed by atoms with Gasteiger partial charge < -0.3 is 14.4 Å². The quantitative estimate of drug-likeness (QED) is 0.393. The number of halogens is 2. The van der Waals surface area contributed by atoms with Crippen molar-refractivity contribution in [3.05, 3.63) is 33.8 Å². The molecule has 0 radical (unpaired) electrons. The molecule has 4 nitrogen and oxygen atoms in total. The van der Waals surface area contributed by atoms with Crippen molar-refractivity contribution in [2.75, 3.05) is 39.5 Å². The lowest BCUT2D eigenvalue weighted by molar-refractivity contribution is -0.153. The van der Waals surface area contributed by atoms with Gasteiger partial charge in [-0.15, -0.1) is 0 Å². The second-order valence-corrected chi connectivity index (χ2v) is 7.86. The highest BCUT2D eigenvalue weighted by Crippen LogP contribution is 2.42. The van der Waals surface area contributed by atoms with Crippen LogP contribution in [-0.4, -0.2) is 50.3 Å². The summed E-state index contributed by atoms with van der Waals surface area (Å²) in [5.74, 6) is -0.173. The number of benzene rings is 1. The fraction of sp³-hybridized carbons (Fsp3) is 0.667. The van der Waals surface area contributed by atoms with Gasteiger partial charge >= 0.3 is 5.97 Å². The first-order chi connectivity index (χ1) is 13.0. The summed E-state index contributed by atoms with van der Waals surface area (Å²) in [5, 5.41) is 0.980. The van der Waals surface area contributed by atoms with Gasteiger partial charge in [-0.3, -0.25) is 4.79 Å². The van der Waals surface area contributed by atoms with Gasteiger partial charge in [-0.25, -0.2) is 0 Å². The van der Waals surface area contributed by atoms with Crippen molar-refractivity contribution in [2.24, 2.45) is 0 Å². The average molecular weight is 416 g/mol. The summed E-state index contributed by atoms with van der Waals surface area (Å²) < 4.78 is 11.2. The first kappa shape index (κ1) is 22.5. The molecule has 2 rings (SSSR count). The molecule has 6 heteroatoms. The van der Waals surface area contributed by atoms with Gasteiger partial charge in [0.2, 0.25) is 0 Å². The summed E-state index contributed by atoms with van der Waals surface area (Å²) in [6, 6.07) is 5.48. The molecule has 0 atom stereocenters. The van der Waals surface area contributed by atoms with Gasteiger partial charge in [0.25, 0.3) is 0 Å². The largest absolute Gasteiger partial charge is 0.463 e. The molecule has 1 aromatic carbocycles. The van der Waals surface area contributed by atoms with Gasteiger partial charge in [0.1, 0.15) is 6.61 Å². The minimum Gasteiger partial charge on any atom is -0.463 e. The fourth-order valence-corrected chi connectivity index (χ4v) is 4.02. The predicted molar refractivity (Wildman–Crippen MR) is 111 cm³/mol. The van der Waals surface area contributed by atoms with Crippen molar-refractivity contribution < 1.29 is 14.3 Å². The van der Waals surface area contributed by atoms with Crippen molar-refractivity contribution >= 4 is 29.2 Å². The first-order valence-electron chi connectivity index (χ1n) is 9.96. The molecule has 1 aromatic rings. The highest BCUT2D eigenvalue weighted by Gasteiger charge is 2.42. The maximum atomic E-state index is 13.0. The summed E-state index contributed by atoms with van der Waals surface area (Å²) in [7, 11) is 0. The molecule has 0 aliphatic heterocycles. The zero-order chi connectivity index (χ0) is 19.7. The molecule has 0 aromatic heterocycles. The Balaban J connectivity index is 1.91. The number of hydrogen-bond donors (Lipinski definition) is 0. The van der Waals surface area contributed by atoms with E-state index < -0.39 is 5.41 Å². The molecule has 0 bridgehead atoms. The summed E-state index contributed by atoms with van der Waals surface area (Å²) in [5.41, 5.74) is 0.289. The third-order valence-corrected chi connectivity index (χ3v) is 6.22. The minimum atomic E-state index is -0.617. The van der Waals surface area contributed by atoms with Crippen molar-refractivity contribution in [3.8, 4) is 0 Å². The van der Waals surface area contributed by atoms with E-state index >= 15 is 0 Å². The van der Waals surface area contributed by atoms with E-state index in [0.29, 0.717) is 23.3 Å². The van der Waals surface area contributed by atoms with Crippen molar-refractivity contribution in [3.63, 3.8) is 0 Å². The lowest BCUT2D eigenvalue weighted by atomic mass is 9.69. The molecular formula is C21H31Cl2NO3. The van der Waals surface area contributed by atoms with Gasteiger partial charge in [-0.05, 0) is 43.6 Å². The van der Waals surface area contributed by atoms with E-state index in [1.165, 1.54) is 0 Å². The van der Waals surface area contributed by atoms with Crippen LogP contribution in [0.1, 0.15) is 51.5 Å². The van der Waals surface area contributed by atoms with Crippen molar-refractivity contribution in [1.82, 2.24) is 4.90 Å². The van der Waals surface area contributed by atoms with Crippen LogP contribution in [0, 0.1) is 0 Å². The van der Waals surface area contributed by atoms with Crippen LogP contribution >= 0.6 is 23.2 Å². The maximum absolute atomic E-state index is 13.0. The van der Waals surface area contributed by atoms with E-state index in [1.54, 1.807) is 6.07 Å². The van der Waals surface area contributed by atoms with Crippen molar-refractivity contribution in [2.45, 2.75) is 51.4 Å². The van der Waals surface area contributed by atoms with E-state index in [0.717, 1.165) is 57.3 Å². The Morgan fingerprint density at radius 1 is 1.04 bits per heavy atom. The van der Waals surface area contributed by atoms with Gasteiger partial charge in [-0.1, -0.05) is 62.4 Å². The summed E-state index contributed by atoms with van der Waals surface area (Å²) in [4.78, 5) is 15.3. The number of rotatable bonds is 10.